The van der Waals surface area contributed by atoms with Gasteiger partial charge in [0, 0.05) is 30.0 Å². The summed E-state index contributed by atoms with van der Waals surface area (Å²) < 4.78 is 0. The molecule has 0 radical (unpaired) electrons. The number of carbonyl (C=O) groups excluding carboxylic acids is 2. The Morgan fingerprint density at radius 2 is 1.97 bits per heavy atom. The molecule has 1 unspecified atom stereocenters. The summed E-state index contributed by atoms with van der Waals surface area (Å²) in [6.45, 7) is 5.99. The third-order valence-corrected chi connectivity index (χ3v) is 5.91. The van der Waals surface area contributed by atoms with Gasteiger partial charge in [-0.2, -0.15) is 5.26 Å². The molecule has 0 fully saturated rings. The molecule has 2 aromatic rings. The van der Waals surface area contributed by atoms with Gasteiger partial charge < -0.3 is 5.73 Å². The number of hydrazine groups is 1. The Kier molecular flexibility index (Phi) is 5.31. The Morgan fingerprint density at radius 3 is 2.62 bits per heavy atom. The zero-order chi connectivity index (χ0) is 23.0. The Bertz CT molecular complexity index is 1200. The van der Waals surface area contributed by atoms with Crippen LogP contribution in [0.5, 0.6) is 0 Å². The topological polar surface area (TPSA) is 112 Å². The number of ketones is 1. The first kappa shape index (κ1) is 21.3. The molecule has 2 heterocycles. The fourth-order valence-electron chi connectivity index (χ4n) is 4.49. The molecule has 7 nitrogen and oxygen atoms in total. The molecule has 1 aromatic carbocycles. The lowest BCUT2D eigenvalue weighted by molar-refractivity contribution is -0.118. The number of rotatable bonds is 3. The largest absolute Gasteiger partial charge is 0.383 e. The van der Waals surface area contributed by atoms with Gasteiger partial charge >= 0.3 is 0 Å². The third-order valence-electron chi connectivity index (χ3n) is 5.91. The summed E-state index contributed by atoms with van der Waals surface area (Å²) in [7, 11) is 0. The van der Waals surface area contributed by atoms with Crippen molar-refractivity contribution in [3.05, 3.63) is 88.1 Å². The molecule has 2 aliphatic rings. The van der Waals surface area contributed by atoms with Crippen molar-refractivity contribution >= 4 is 11.7 Å². The van der Waals surface area contributed by atoms with Crippen LogP contribution in [0.4, 0.5) is 0 Å². The number of nitriles is 1. The van der Waals surface area contributed by atoms with Crippen LogP contribution in [0.2, 0.25) is 0 Å². The lowest BCUT2D eigenvalue weighted by atomic mass is 9.69. The van der Waals surface area contributed by atoms with Gasteiger partial charge in [-0.3, -0.25) is 20.0 Å². The van der Waals surface area contributed by atoms with Crippen molar-refractivity contribution in [3.63, 3.8) is 0 Å². The van der Waals surface area contributed by atoms with E-state index >= 15 is 0 Å². The Hall–Kier alpha value is -3.92. The summed E-state index contributed by atoms with van der Waals surface area (Å²) in [5.41, 5.74) is 12.7. The van der Waals surface area contributed by atoms with E-state index in [0.717, 1.165) is 11.1 Å². The third kappa shape index (κ3) is 3.76. The summed E-state index contributed by atoms with van der Waals surface area (Å²) in [4.78, 5) is 30.3. The van der Waals surface area contributed by atoms with E-state index < -0.39 is 11.8 Å². The van der Waals surface area contributed by atoms with Crippen LogP contribution in [0.1, 0.15) is 54.1 Å². The molecule has 1 aromatic heterocycles. The van der Waals surface area contributed by atoms with Crippen LogP contribution >= 0.6 is 0 Å². The summed E-state index contributed by atoms with van der Waals surface area (Å²) in [6.07, 6.45) is 3.94. The zero-order valence-electron chi connectivity index (χ0n) is 18.3. The molecule has 32 heavy (non-hydrogen) atoms. The van der Waals surface area contributed by atoms with Crippen molar-refractivity contribution < 1.29 is 9.59 Å². The maximum absolute atomic E-state index is 13.4. The average molecular weight is 428 g/mol. The Morgan fingerprint density at radius 1 is 1.25 bits per heavy atom. The lowest BCUT2D eigenvalue weighted by Gasteiger charge is -2.43. The molecular weight excluding hydrogens is 402 g/mol. The minimum Gasteiger partial charge on any atom is -0.383 e. The average Bonchev–Trinajstić information content (AvgIpc) is 2.75. The van der Waals surface area contributed by atoms with Crippen LogP contribution < -0.4 is 11.2 Å². The molecule has 162 valence electrons. The fourth-order valence-corrected chi connectivity index (χ4v) is 4.49. The standard InChI is InChI=1S/C25H25N5O2/c1-15-5-4-6-17(11-15)21-18(14-26)23(27)30(29-24(32)16-7-9-28-10-8-16)19-12-25(2,3)13-20(31)22(19)21/h4-11,21H,12-13,27H2,1-3H3,(H,29,32). The van der Waals surface area contributed by atoms with E-state index in [9.17, 15) is 14.9 Å². The number of hydrogen-bond donors (Lipinski definition) is 2. The highest BCUT2D eigenvalue weighted by Crippen LogP contribution is 2.48. The molecule has 0 saturated carbocycles. The maximum Gasteiger partial charge on any atom is 0.270 e. The summed E-state index contributed by atoms with van der Waals surface area (Å²) >= 11 is 0. The molecule has 1 atom stereocenters. The second kappa shape index (κ2) is 7.97. The molecule has 7 heteroatoms. The second-order valence-electron chi connectivity index (χ2n) is 9.07. The number of aromatic nitrogens is 1. The number of benzene rings is 1. The molecule has 1 amide bonds. The van der Waals surface area contributed by atoms with Crippen LogP contribution in [-0.2, 0) is 4.79 Å². The number of pyridine rings is 1. The van der Waals surface area contributed by atoms with E-state index in [-0.39, 0.29) is 22.6 Å². The van der Waals surface area contributed by atoms with Crippen molar-refractivity contribution in [1.29, 1.82) is 5.26 Å². The zero-order valence-corrected chi connectivity index (χ0v) is 18.3. The Balaban J connectivity index is 1.87. The van der Waals surface area contributed by atoms with E-state index in [1.165, 1.54) is 17.4 Å². The molecule has 1 aliphatic heterocycles. The number of hydrogen-bond acceptors (Lipinski definition) is 6. The lowest BCUT2D eigenvalue weighted by Crippen LogP contribution is -2.49. The van der Waals surface area contributed by atoms with Crippen molar-refractivity contribution in [2.75, 3.05) is 0 Å². The number of nitrogens with two attached hydrogens (primary N) is 1. The van der Waals surface area contributed by atoms with E-state index in [1.54, 1.807) is 12.1 Å². The fraction of sp³-hybridized carbons (Fsp3) is 0.280. The van der Waals surface area contributed by atoms with Crippen LogP contribution in [0.3, 0.4) is 0 Å². The molecule has 0 spiro atoms. The van der Waals surface area contributed by atoms with Gasteiger partial charge in [0.05, 0.1) is 23.3 Å². The number of nitrogens with zero attached hydrogens (tertiary/aromatic N) is 3. The number of amides is 1. The predicted molar refractivity (Wildman–Crippen MR) is 119 cm³/mol. The van der Waals surface area contributed by atoms with Gasteiger partial charge in [-0.05, 0) is 36.5 Å². The highest BCUT2D eigenvalue weighted by Gasteiger charge is 2.44. The van der Waals surface area contributed by atoms with Crippen molar-refractivity contribution in [2.45, 2.75) is 39.5 Å². The van der Waals surface area contributed by atoms with E-state index in [1.807, 2.05) is 45.0 Å². The first-order chi connectivity index (χ1) is 15.2. The van der Waals surface area contributed by atoms with Gasteiger partial charge in [-0.15, -0.1) is 0 Å². The molecular formula is C25H25N5O2. The summed E-state index contributed by atoms with van der Waals surface area (Å²) in [6, 6.07) is 13.1. The number of allylic oxidation sites excluding steroid dienone is 3. The van der Waals surface area contributed by atoms with Crippen molar-refractivity contribution in [3.8, 4) is 6.07 Å². The number of Topliss-reactive ketones (excluding diaryl/α,β-unsaturated/α-hetero) is 1. The highest BCUT2D eigenvalue weighted by molar-refractivity contribution is 6.00. The molecule has 0 saturated heterocycles. The molecule has 3 N–H and O–H groups in total. The first-order valence-electron chi connectivity index (χ1n) is 10.5. The second-order valence-corrected chi connectivity index (χ2v) is 9.07. The SMILES string of the molecule is Cc1cccc(C2C(C#N)=C(N)N(NC(=O)c3ccncc3)C3=C2C(=O)CC(C)(C)C3)c1. The molecule has 4 rings (SSSR count). The quantitative estimate of drug-likeness (QED) is 0.776. The molecule has 0 bridgehead atoms. The van der Waals surface area contributed by atoms with E-state index in [4.69, 9.17) is 5.73 Å². The van der Waals surface area contributed by atoms with E-state index in [2.05, 4.69) is 16.5 Å². The first-order valence-corrected chi connectivity index (χ1v) is 10.5. The van der Waals surface area contributed by atoms with Crippen LogP contribution in [-0.4, -0.2) is 21.7 Å². The maximum atomic E-state index is 13.4. The van der Waals surface area contributed by atoms with Gasteiger partial charge in [0.2, 0.25) is 0 Å². The minimum atomic E-state index is -0.562. The van der Waals surface area contributed by atoms with Gasteiger partial charge in [0.1, 0.15) is 5.82 Å². The van der Waals surface area contributed by atoms with E-state index in [0.29, 0.717) is 29.7 Å². The predicted octanol–water partition coefficient (Wildman–Crippen LogP) is 3.47. The van der Waals surface area contributed by atoms with Gasteiger partial charge in [0.15, 0.2) is 5.78 Å². The highest BCUT2D eigenvalue weighted by atomic mass is 16.2. The number of nitrogens with one attached hydrogen (secondary N) is 1. The van der Waals surface area contributed by atoms with Gasteiger partial charge in [-0.25, -0.2) is 5.01 Å². The normalized spacial score (nSPS) is 20.0. The minimum absolute atomic E-state index is 0.0360. The monoisotopic (exact) mass is 427 g/mol. The smallest absolute Gasteiger partial charge is 0.270 e. The summed E-state index contributed by atoms with van der Waals surface area (Å²) in [5.74, 6) is -0.867. The van der Waals surface area contributed by atoms with Crippen molar-refractivity contribution in [2.24, 2.45) is 11.1 Å². The number of aryl methyl sites for hydroxylation is 1. The number of carbonyl (C=O) groups is 2. The Labute approximate surface area is 187 Å². The van der Waals surface area contributed by atoms with Crippen LogP contribution in [0.15, 0.2) is 71.5 Å². The molecule has 1 aliphatic carbocycles. The van der Waals surface area contributed by atoms with Gasteiger partial charge in [0.25, 0.3) is 5.91 Å². The van der Waals surface area contributed by atoms with Crippen LogP contribution in [0.25, 0.3) is 0 Å². The van der Waals surface area contributed by atoms with Gasteiger partial charge in [-0.1, -0.05) is 43.7 Å². The summed E-state index contributed by atoms with van der Waals surface area (Å²) in [5, 5.41) is 11.5. The van der Waals surface area contributed by atoms with Crippen LogP contribution in [0, 0.1) is 23.7 Å². The van der Waals surface area contributed by atoms with Crippen molar-refractivity contribution in [1.82, 2.24) is 15.4 Å².